The van der Waals surface area contributed by atoms with E-state index in [1.54, 1.807) is 0 Å². The quantitative estimate of drug-likeness (QED) is 0.714. The number of piperazine rings is 1. The van der Waals surface area contributed by atoms with E-state index < -0.39 is 10.0 Å². The van der Waals surface area contributed by atoms with Crippen molar-refractivity contribution in [3.05, 3.63) is 0 Å². The van der Waals surface area contributed by atoms with Gasteiger partial charge in [0.25, 0.3) is 0 Å². The van der Waals surface area contributed by atoms with Gasteiger partial charge in [0.15, 0.2) is 0 Å². The van der Waals surface area contributed by atoms with Crippen LogP contribution in [0.1, 0.15) is 26.7 Å². The van der Waals surface area contributed by atoms with E-state index in [0.29, 0.717) is 26.2 Å². The molecule has 2 saturated heterocycles. The molecule has 1 atom stereocenters. The molecule has 0 aromatic carbocycles. The predicted molar refractivity (Wildman–Crippen MR) is 95.9 cm³/mol. The zero-order valence-electron chi connectivity index (χ0n) is 14.6. The average Bonchev–Trinajstić information content (AvgIpc) is 2.54. The summed E-state index contributed by atoms with van der Waals surface area (Å²) in [6, 6.07) is 0. The Morgan fingerprint density at radius 2 is 1.92 bits per heavy atom. The highest BCUT2D eigenvalue weighted by molar-refractivity contribution is 7.89. The highest BCUT2D eigenvalue weighted by Gasteiger charge is 2.31. The molecule has 0 saturated carbocycles. The van der Waals surface area contributed by atoms with Gasteiger partial charge in [-0.2, -0.15) is 4.31 Å². The molecule has 2 fully saturated rings. The van der Waals surface area contributed by atoms with Crippen molar-refractivity contribution in [1.29, 1.82) is 0 Å². The zero-order chi connectivity index (χ0) is 16.9. The number of sulfonamides is 1. The van der Waals surface area contributed by atoms with Crippen LogP contribution in [-0.4, -0.2) is 81.3 Å². The Morgan fingerprint density at radius 1 is 1.25 bits per heavy atom. The minimum absolute atomic E-state index is 0. The van der Waals surface area contributed by atoms with Crippen LogP contribution in [0.5, 0.6) is 0 Å². The number of hydrogen-bond donors (Lipinski definition) is 1. The lowest BCUT2D eigenvalue weighted by Gasteiger charge is -2.36. The molecule has 7 nitrogen and oxygen atoms in total. The molecule has 2 aliphatic heterocycles. The molecule has 142 valence electrons. The molecule has 0 spiro atoms. The first-order chi connectivity index (χ1) is 10.9. The summed E-state index contributed by atoms with van der Waals surface area (Å²) in [5.74, 6) is 0.217. The fourth-order valence-electron chi connectivity index (χ4n) is 3.03. The molecule has 2 rings (SSSR count). The van der Waals surface area contributed by atoms with E-state index >= 15 is 0 Å². The molecule has 0 bridgehead atoms. The molecule has 0 aromatic heterocycles. The lowest BCUT2D eigenvalue weighted by molar-refractivity contribution is -0.137. The van der Waals surface area contributed by atoms with Crippen LogP contribution < -0.4 is 5.32 Å². The van der Waals surface area contributed by atoms with E-state index in [2.05, 4.69) is 5.32 Å². The van der Waals surface area contributed by atoms with E-state index in [1.165, 1.54) is 4.31 Å². The smallest absolute Gasteiger partial charge is 0.227 e. The van der Waals surface area contributed by atoms with Crippen LogP contribution in [0.3, 0.4) is 0 Å². The summed E-state index contributed by atoms with van der Waals surface area (Å²) in [4.78, 5) is 14.3. The summed E-state index contributed by atoms with van der Waals surface area (Å²) in [7, 11) is -3.29. The number of ether oxygens (including phenoxy) is 1. The molecule has 2 heterocycles. The van der Waals surface area contributed by atoms with Crippen molar-refractivity contribution in [2.45, 2.75) is 32.8 Å². The average molecular weight is 384 g/mol. The van der Waals surface area contributed by atoms with Gasteiger partial charge < -0.3 is 15.0 Å². The van der Waals surface area contributed by atoms with Crippen molar-refractivity contribution in [3.63, 3.8) is 0 Å². The molecular formula is C15H30ClN3O4S. The van der Waals surface area contributed by atoms with E-state index in [-0.39, 0.29) is 42.7 Å². The minimum atomic E-state index is -3.29. The number of hydrogen-bond acceptors (Lipinski definition) is 5. The highest BCUT2D eigenvalue weighted by Crippen LogP contribution is 2.16. The number of carbonyl (C=O) groups excluding carboxylic acids is 1. The molecule has 9 heteroatoms. The molecule has 0 aromatic rings. The maximum atomic E-state index is 12.5. The van der Waals surface area contributed by atoms with Crippen LogP contribution in [0.25, 0.3) is 0 Å². The second kappa shape index (κ2) is 9.91. The molecule has 24 heavy (non-hydrogen) atoms. The van der Waals surface area contributed by atoms with Crippen LogP contribution in [0.2, 0.25) is 0 Å². The topological polar surface area (TPSA) is 79.0 Å². The van der Waals surface area contributed by atoms with Gasteiger partial charge in [-0.05, 0) is 33.2 Å². The number of halogens is 1. The number of nitrogens with zero attached hydrogens (tertiary/aromatic N) is 2. The van der Waals surface area contributed by atoms with Gasteiger partial charge in [0.2, 0.25) is 15.9 Å². The predicted octanol–water partition coefficient (Wildman–Crippen LogP) is 0.307. The summed E-state index contributed by atoms with van der Waals surface area (Å²) < 4.78 is 31.4. The van der Waals surface area contributed by atoms with Gasteiger partial charge in [0.1, 0.15) is 0 Å². The van der Waals surface area contributed by atoms with Crippen LogP contribution in [-0.2, 0) is 19.6 Å². The summed E-state index contributed by atoms with van der Waals surface area (Å²) in [5.41, 5.74) is 0. The zero-order valence-corrected chi connectivity index (χ0v) is 16.2. The highest BCUT2D eigenvalue weighted by atomic mass is 35.5. The number of piperidine rings is 1. The van der Waals surface area contributed by atoms with Gasteiger partial charge in [-0.25, -0.2) is 8.42 Å². The molecule has 1 amide bonds. The van der Waals surface area contributed by atoms with Gasteiger partial charge >= 0.3 is 0 Å². The number of rotatable bonds is 6. The summed E-state index contributed by atoms with van der Waals surface area (Å²) >= 11 is 0. The number of carbonyl (C=O) groups is 1. The van der Waals surface area contributed by atoms with Crippen molar-refractivity contribution in [1.82, 2.24) is 14.5 Å². The van der Waals surface area contributed by atoms with Crippen LogP contribution in [0.4, 0.5) is 0 Å². The van der Waals surface area contributed by atoms with Gasteiger partial charge in [0.05, 0.1) is 24.4 Å². The van der Waals surface area contributed by atoms with Gasteiger partial charge in [-0.1, -0.05) is 0 Å². The van der Waals surface area contributed by atoms with Crippen molar-refractivity contribution in [2.24, 2.45) is 5.92 Å². The fourth-order valence-corrected chi connectivity index (χ4v) is 4.31. The largest absolute Gasteiger partial charge is 0.378 e. The van der Waals surface area contributed by atoms with Gasteiger partial charge in [-0.3, -0.25) is 4.79 Å². The monoisotopic (exact) mass is 383 g/mol. The van der Waals surface area contributed by atoms with Crippen LogP contribution in [0.15, 0.2) is 0 Å². The first kappa shape index (κ1) is 21.6. The van der Waals surface area contributed by atoms with Crippen molar-refractivity contribution >= 4 is 28.3 Å². The van der Waals surface area contributed by atoms with E-state index in [9.17, 15) is 13.2 Å². The van der Waals surface area contributed by atoms with E-state index in [0.717, 1.165) is 25.9 Å². The van der Waals surface area contributed by atoms with Crippen molar-refractivity contribution in [2.75, 3.05) is 51.6 Å². The van der Waals surface area contributed by atoms with Gasteiger partial charge in [0, 0.05) is 32.7 Å². The Morgan fingerprint density at radius 3 is 2.46 bits per heavy atom. The summed E-state index contributed by atoms with van der Waals surface area (Å²) in [6.45, 7) is 7.45. The van der Waals surface area contributed by atoms with Crippen molar-refractivity contribution in [3.8, 4) is 0 Å². The molecule has 1 unspecified atom stereocenters. The third-order valence-electron chi connectivity index (χ3n) is 4.38. The molecule has 0 radical (unpaired) electrons. The second-order valence-electron chi connectivity index (χ2n) is 6.50. The third-order valence-corrected chi connectivity index (χ3v) is 6.22. The first-order valence-corrected chi connectivity index (χ1v) is 10.1. The lowest BCUT2D eigenvalue weighted by Crippen LogP contribution is -2.53. The fraction of sp³-hybridized carbons (Fsp3) is 0.933. The van der Waals surface area contributed by atoms with Gasteiger partial charge in [-0.15, -0.1) is 12.4 Å². The Kier molecular flexibility index (Phi) is 8.94. The number of amides is 1. The minimum Gasteiger partial charge on any atom is -0.378 e. The maximum absolute atomic E-state index is 12.5. The Bertz CT molecular complexity index is 487. The third kappa shape index (κ3) is 6.15. The molecule has 0 aliphatic carbocycles. The molecule has 1 N–H and O–H groups in total. The lowest BCUT2D eigenvalue weighted by atomic mass is 9.98. The maximum Gasteiger partial charge on any atom is 0.227 e. The van der Waals surface area contributed by atoms with E-state index in [1.807, 2.05) is 18.7 Å². The first-order valence-electron chi connectivity index (χ1n) is 8.49. The Hall–Kier alpha value is -0.410. The Labute approximate surface area is 151 Å². The Balaban J connectivity index is 0.00000288. The normalized spacial score (nSPS) is 23.1. The molecular weight excluding hydrogens is 354 g/mol. The standard InChI is InChI=1S/C15H29N3O4S.ClH/c1-13(2)22-10-11-23(20,21)18-8-6-17(7-9-18)15(19)14-4-3-5-16-12-14;/h13-14,16H,3-12H2,1-2H3;1H. The van der Waals surface area contributed by atoms with E-state index in [4.69, 9.17) is 4.74 Å². The number of nitrogens with one attached hydrogen (secondary N) is 1. The van der Waals surface area contributed by atoms with Crippen LogP contribution >= 0.6 is 12.4 Å². The van der Waals surface area contributed by atoms with Crippen LogP contribution in [0, 0.1) is 5.92 Å². The second-order valence-corrected chi connectivity index (χ2v) is 8.59. The van der Waals surface area contributed by atoms with Crippen molar-refractivity contribution < 1.29 is 17.9 Å². The summed E-state index contributed by atoms with van der Waals surface area (Å²) in [5, 5.41) is 3.25. The SMILES string of the molecule is CC(C)OCCS(=O)(=O)N1CCN(C(=O)C2CCCNC2)CC1.Cl. The molecule has 2 aliphatic rings. The summed E-state index contributed by atoms with van der Waals surface area (Å²) in [6.07, 6.45) is 1.99.